The van der Waals surface area contributed by atoms with Gasteiger partial charge in [-0.3, -0.25) is 0 Å². The normalized spacial score (nSPS) is 14.4. The molecule has 1 rings (SSSR count). The molecule has 0 saturated carbocycles. The number of hydrogen-bond acceptors (Lipinski definition) is 3. The lowest BCUT2D eigenvalue weighted by Crippen LogP contribution is -2.32. The van der Waals surface area contributed by atoms with Gasteiger partial charge in [-0.1, -0.05) is 38.1 Å². The summed E-state index contributed by atoms with van der Waals surface area (Å²) in [4.78, 5) is 0. The summed E-state index contributed by atoms with van der Waals surface area (Å²) in [5.41, 5.74) is 2.65. The second-order valence-electron chi connectivity index (χ2n) is 5.63. The molecular weight excluding hydrogens is 262 g/mol. The van der Waals surface area contributed by atoms with Crippen molar-refractivity contribution < 1.29 is 9.47 Å². The summed E-state index contributed by atoms with van der Waals surface area (Å²) in [5, 5.41) is 3.52. The number of benzene rings is 1. The van der Waals surface area contributed by atoms with E-state index in [0.717, 1.165) is 13.0 Å². The van der Waals surface area contributed by atoms with Crippen molar-refractivity contribution in [2.75, 3.05) is 19.8 Å². The van der Waals surface area contributed by atoms with E-state index in [1.807, 2.05) is 13.8 Å². The third-order valence-corrected chi connectivity index (χ3v) is 3.56. The van der Waals surface area contributed by atoms with Crippen molar-refractivity contribution >= 4 is 0 Å². The molecule has 3 heteroatoms. The zero-order chi connectivity index (χ0) is 15.7. The molecule has 1 N–H and O–H groups in total. The average Bonchev–Trinajstić information content (AvgIpc) is 2.49. The van der Waals surface area contributed by atoms with Crippen LogP contribution in [0.4, 0.5) is 0 Å². The Labute approximate surface area is 130 Å². The van der Waals surface area contributed by atoms with E-state index in [0.29, 0.717) is 13.2 Å². The largest absolute Gasteiger partial charge is 0.376 e. The van der Waals surface area contributed by atoms with Crippen LogP contribution >= 0.6 is 0 Å². The van der Waals surface area contributed by atoms with Crippen LogP contribution in [0.2, 0.25) is 0 Å². The summed E-state index contributed by atoms with van der Waals surface area (Å²) in [5.74, 6) is 0. The van der Waals surface area contributed by atoms with E-state index in [2.05, 4.69) is 50.4 Å². The third kappa shape index (κ3) is 6.60. The monoisotopic (exact) mass is 293 g/mol. The Hall–Kier alpha value is -0.900. The molecule has 2 atom stereocenters. The first-order valence-electron chi connectivity index (χ1n) is 8.13. The highest BCUT2D eigenvalue weighted by molar-refractivity contribution is 5.25. The Kier molecular flexibility index (Phi) is 8.58. The van der Waals surface area contributed by atoms with Gasteiger partial charge in [0.25, 0.3) is 0 Å². The summed E-state index contributed by atoms with van der Waals surface area (Å²) in [6, 6.07) is 9.04. The van der Waals surface area contributed by atoms with E-state index in [9.17, 15) is 0 Å². The first-order chi connectivity index (χ1) is 10.1. The molecule has 3 nitrogen and oxygen atoms in total. The molecule has 0 aliphatic carbocycles. The minimum atomic E-state index is 0.119. The van der Waals surface area contributed by atoms with E-state index in [4.69, 9.17) is 9.47 Å². The van der Waals surface area contributed by atoms with E-state index in [1.54, 1.807) is 0 Å². The summed E-state index contributed by atoms with van der Waals surface area (Å²) in [6.07, 6.45) is 1.45. The molecule has 0 spiro atoms. The van der Waals surface area contributed by atoms with Crippen LogP contribution in [0.1, 0.15) is 51.8 Å². The smallest absolute Gasteiger partial charge is 0.0742 e. The molecule has 0 aromatic heterocycles. The summed E-state index contributed by atoms with van der Waals surface area (Å²) < 4.78 is 11.5. The lowest BCUT2D eigenvalue weighted by Gasteiger charge is -2.26. The molecule has 0 heterocycles. The number of likely N-dealkylation sites (N-methyl/N-ethyl adjacent to an activating group) is 1. The van der Waals surface area contributed by atoms with Crippen molar-refractivity contribution in [1.29, 1.82) is 0 Å². The predicted octanol–water partition coefficient (Wildman–Crippen LogP) is 3.73. The van der Waals surface area contributed by atoms with Crippen LogP contribution in [0.25, 0.3) is 0 Å². The Morgan fingerprint density at radius 1 is 0.952 bits per heavy atom. The summed E-state index contributed by atoms with van der Waals surface area (Å²) >= 11 is 0. The van der Waals surface area contributed by atoms with Gasteiger partial charge in [-0.15, -0.1) is 0 Å². The van der Waals surface area contributed by atoms with Crippen molar-refractivity contribution in [3.63, 3.8) is 0 Å². The SMILES string of the molecule is CCNC(c1ccc(CC)cc1)C(C)OCCOC(C)C. The number of ether oxygens (including phenoxy) is 2. The van der Waals surface area contributed by atoms with Crippen molar-refractivity contribution in [3.8, 4) is 0 Å². The molecule has 0 amide bonds. The summed E-state index contributed by atoms with van der Waals surface area (Å²) in [7, 11) is 0. The molecule has 120 valence electrons. The fourth-order valence-corrected chi connectivity index (χ4v) is 2.35. The number of nitrogens with one attached hydrogen (secondary N) is 1. The highest BCUT2D eigenvalue weighted by atomic mass is 16.5. The maximum atomic E-state index is 5.93. The van der Waals surface area contributed by atoms with Crippen LogP contribution in [0.5, 0.6) is 0 Å². The Balaban J connectivity index is 2.57. The zero-order valence-electron chi connectivity index (χ0n) is 14.2. The Bertz CT molecular complexity index is 375. The van der Waals surface area contributed by atoms with Crippen LogP contribution < -0.4 is 5.32 Å². The van der Waals surface area contributed by atoms with Gasteiger partial charge in [0.2, 0.25) is 0 Å². The summed E-state index contributed by atoms with van der Waals surface area (Å²) in [6.45, 7) is 12.7. The maximum Gasteiger partial charge on any atom is 0.0742 e. The minimum absolute atomic E-state index is 0.119. The van der Waals surface area contributed by atoms with Gasteiger partial charge in [0.1, 0.15) is 0 Å². The highest BCUT2D eigenvalue weighted by Crippen LogP contribution is 2.20. The molecule has 21 heavy (non-hydrogen) atoms. The standard InChI is InChI=1S/C18H31NO2/c1-6-16-8-10-17(11-9-16)18(19-7-2)15(5)21-13-12-20-14(3)4/h8-11,14-15,18-19H,6-7,12-13H2,1-5H3. The first-order valence-corrected chi connectivity index (χ1v) is 8.13. The highest BCUT2D eigenvalue weighted by Gasteiger charge is 2.18. The van der Waals surface area contributed by atoms with Gasteiger partial charge in [0.05, 0.1) is 31.5 Å². The van der Waals surface area contributed by atoms with E-state index in [1.165, 1.54) is 11.1 Å². The lowest BCUT2D eigenvalue weighted by molar-refractivity contribution is -0.0186. The second-order valence-corrected chi connectivity index (χ2v) is 5.63. The lowest BCUT2D eigenvalue weighted by atomic mass is 10.00. The maximum absolute atomic E-state index is 5.93. The fraction of sp³-hybridized carbons (Fsp3) is 0.667. The van der Waals surface area contributed by atoms with Crippen molar-refractivity contribution in [1.82, 2.24) is 5.32 Å². The zero-order valence-corrected chi connectivity index (χ0v) is 14.2. The van der Waals surface area contributed by atoms with Crippen molar-refractivity contribution in [3.05, 3.63) is 35.4 Å². The third-order valence-electron chi connectivity index (χ3n) is 3.56. The molecule has 1 aromatic rings. The molecule has 0 radical (unpaired) electrons. The first kappa shape index (κ1) is 18.1. The van der Waals surface area contributed by atoms with Crippen LogP contribution in [0, 0.1) is 0 Å². The van der Waals surface area contributed by atoms with Gasteiger partial charge in [0.15, 0.2) is 0 Å². The molecule has 2 unspecified atom stereocenters. The van der Waals surface area contributed by atoms with Crippen LogP contribution in [0.15, 0.2) is 24.3 Å². The van der Waals surface area contributed by atoms with E-state index >= 15 is 0 Å². The minimum Gasteiger partial charge on any atom is -0.376 e. The number of hydrogen-bond donors (Lipinski definition) is 1. The van der Waals surface area contributed by atoms with Crippen LogP contribution in [-0.4, -0.2) is 32.0 Å². The van der Waals surface area contributed by atoms with Crippen molar-refractivity contribution in [2.24, 2.45) is 0 Å². The molecule has 0 saturated heterocycles. The fourth-order valence-electron chi connectivity index (χ4n) is 2.35. The van der Waals surface area contributed by atoms with Gasteiger partial charge in [-0.2, -0.15) is 0 Å². The topological polar surface area (TPSA) is 30.5 Å². The Morgan fingerprint density at radius 3 is 2.10 bits per heavy atom. The second kappa shape index (κ2) is 9.93. The van der Waals surface area contributed by atoms with Crippen molar-refractivity contribution in [2.45, 2.75) is 59.3 Å². The quantitative estimate of drug-likeness (QED) is 0.667. The van der Waals surface area contributed by atoms with Gasteiger partial charge < -0.3 is 14.8 Å². The number of aryl methyl sites for hydroxylation is 1. The van der Waals surface area contributed by atoms with Gasteiger partial charge in [-0.25, -0.2) is 0 Å². The molecule has 0 aliphatic heterocycles. The van der Waals surface area contributed by atoms with E-state index in [-0.39, 0.29) is 18.2 Å². The molecule has 0 bridgehead atoms. The van der Waals surface area contributed by atoms with Crippen LogP contribution in [0.3, 0.4) is 0 Å². The van der Waals surface area contributed by atoms with E-state index < -0.39 is 0 Å². The number of rotatable bonds is 10. The Morgan fingerprint density at radius 2 is 1.57 bits per heavy atom. The van der Waals surface area contributed by atoms with Gasteiger partial charge in [0, 0.05) is 0 Å². The molecule has 0 fully saturated rings. The molecule has 1 aromatic carbocycles. The van der Waals surface area contributed by atoms with Gasteiger partial charge >= 0.3 is 0 Å². The average molecular weight is 293 g/mol. The van der Waals surface area contributed by atoms with Crippen LogP contribution in [-0.2, 0) is 15.9 Å². The predicted molar refractivity (Wildman–Crippen MR) is 88.7 cm³/mol. The molecular formula is C18H31NO2. The molecule has 0 aliphatic rings. The van der Waals surface area contributed by atoms with Gasteiger partial charge in [-0.05, 0) is 44.9 Å².